The number of sulfonamides is 1. The van der Waals surface area contributed by atoms with Crippen molar-refractivity contribution in [2.45, 2.75) is 18.0 Å². The first kappa shape index (κ1) is 15.6. The number of nitrogens with two attached hydrogens (primary N) is 1. The van der Waals surface area contributed by atoms with Crippen LogP contribution in [0.3, 0.4) is 0 Å². The van der Waals surface area contributed by atoms with E-state index in [1.54, 1.807) is 24.5 Å². The van der Waals surface area contributed by atoms with Crippen molar-refractivity contribution >= 4 is 10.0 Å². The molecule has 1 aromatic carbocycles. The molecule has 0 aliphatic heterocycles. The molecule has 21 heavy (non-hydrogen) atoms. The molecule has 1 heterocycles. The maximum atomic E-state index is 14.0. The topological polar surface area (TPSA) is 76.3 Å². The van der Waals surface area contributed by atoms with Crippen molar-refractivity contribution in [3.63, 3.8) is 0 Å². The van der Waals surface area contributed by atoms with E-state index in [9.17, 15) is 12.8 Å². The highest BCUT2D eigenvalue weighted by Crippen LogP contribution is 2.20. The number of rotatable bonds is 5. The Morgan fingerprint density at radius 1 is 1.19 bits per heavy atom. The van der Waals surface area contributed by atoms with E-state index in [0.29, 0.717) is 5.56 Å². The molecule has 0 radical (unpaired) electrons. The van der Waals surface area contributed by atoms with Crippen LogP contribution in [0.25, 0.3) is 0 Å². The molecule has 0 aliphatic rings. The number of hydrogen-bond donors (Lipinski definition) is 1. The summed E-state index contributed by atoms with van der Waals surface area (Å²) in [5.74, 6) is -0.792. The summed E-state index contributed by atoms with van der Waals surface area (Å²) in [7, 11) is -2.49. The predicted molar refractivity (Wildman–Crippen MR) is 77.2 cm³/mol. The Balaban J connectivity index is 2.29. The van der Waals surface area contributed by atoms with E-state index in [2.05, 4.69) is 4.98 Å². The third kappa shape index (κ3) is 3.44. The van der Waals surface area contributed by atoms with Crippen molar-refractivity contribution < 1.29 is 12.8 Å². The maximum absolute atomic E-state index is 14.0. The summed E-state index contributed by atoms with van der Waals surface area (Å²) in [5.41, 5.74) is 6.73. The maximum Gasteiger partial charge on any atom is 0.246 e. The Morgan fingerprint density at radius 3 is 2.43 bits per heavy atom. The highest BCUT2D eigenvalue weighted by molar-refractivity contribution is 7.89. The summed E-state index contributed by atoms with van der Waals surface area (Å²) < 4.78 is 39.9. The Labute approximate surface area is 123 Å². The molecule has 5 nitrogen and oxygen atoms in total. The molecule has 2 N–H and O–H groups in total. The molecule has 2 rings (SSSR count). The number of hydrogen-bond acceptors (Lipinski definition) is 4. The van der Waals surface area contributed by atoms with Gasteiger partial charge in [0.15, 0.2) is 0 Å². The number of pyridine rings is 1. The molecule has 0 aliphatic carbocycles. The molecule has 0 bridgehead atoms. The van der Waals surface area contributed by atoms with Crippen LogP contribution in [0.4, 0.5) is 4.39 Å². The van der Waals surface area contributed by atoms with Gasteiger partial charge in [0.1, 0.15) is 10.7 Å². The van der Waals surface area contributed by atoms with Gasteiger partial charge >= 0.3 is 0 Å². The first-order valence-electron chi connectivity index (χ1n) is 6.29. The summed E-state index contributed by atoms with van der Waals surface area (Å²) in [6, 6.07) is 7.32. The molecule has 0 saturated carbocycles. The van der Waals surface area contributed by atoms with Crippen LogP contribution in [0.1, 0.15) is 11.1 Å². The number of halogens is 1. The van der Waals surface area contributed by atoms with E-state index >= 15 is 0 Å². The summed E-state index contributed by atoms with van der Waals surface area (Å²) in [6.45, 7) is 0.299. The van der Waals surface area contributed by atoms with Crippen molar-refractivity contribution in [2.24, 2.45) is 5.73 Å². The molecule has 2 aromatic rings. The van der Waals surface area contributed by atoms with Gasteiger partial charge in [-0.25, -0.2) is 12.8 Å². The molecule has 0 amide bonds. The van der Waals surface area contributed by atoms with Crippen LogP contribution < -0.4 is 5.73 Å². The highest BCUT2D eigenvalue weighted by atomic mass is 32.2. The fraction of sp³-hybridized carbons (Fsp3) is 0.214. The average Bonchev–Trinajstić information content (AvgIpc) is 2.47. The van der Waals surface area contributed by atoms with E-state index < -0.39 is 15.8 Å². The molecular weight excluding hydrogens is 293 g/mol. The summed E-state index contributed by atoms with van der Waals surface area (Å²) in [6.07, 6.45) is 3.15. The summed E-state index contributed by atoms with van der Waals surface area (Å²) in [5, 5.41) is 0. The van der Waals surface area contributed by atoms with Crippen LogP contribution in [-0.2, 0) is 23.1 Å². The molecule has 0 spiro atoms. The Hall–Kier alpha value is -1.83. The van der Waals surface area contributed by atoms with E-state index in [1.165, 1.54) is 19.2 Å². The molecule has 0 unspecified atom stereocenters. The molecule has 0 fully saturated rings. The highest BCUT2D eigenvalue weighted by Gasteiger charge is 2.24. The van der Waals surface area contributed by atoms with Gasteiger partial charge in [0.2, 0.25) is 10.0 Å². The van der Waals surface area contributed by atoms with Gasteiger partial charge in [-0.05, 0) is 35.4 Å². The molecule has 7 heteroatoms. The summed E-state index contributed by atoms with van der Waals surface area (Å²) in [4.78, 5) is 3.52. The number of aromatic nitrogens is 1. The van der Waals surface area contributed by atoms with Crippen molar-refractivity contribution in [1.29, 1.82) is 0 Å². The Bertz CT molecular complexity index is 720. The summed E-state index contributed by atoms with van der Waals surface area (Å²) >= 11 is 0. The van der Waals surface area contributed by atoms with E-state index in [1.807, 2.05) is 0 Å². The van der Waals surface area contributed by atoms with E-state index in [-0.39, 0.29) is 18.0 Å². The quantitative estimate of drug-likeness (QED) is 0.908. The van der Waals surface area contributed by atoms with Crippen molar-refractivity contribution in [3.05, 3.63) is 59.7 Å². The van der Waals surface area contributed by atoms with Crippen molar-refractivity contribution in [3.8, 4) is 0 Å². The first-order chi connectivity index (χ1) is 9.95. The zero-order chi connectivity index (χ0) is 15.5. The van der Waals surface area contributed by atoms with Crippen LogP contribution in [0.5, 0.6) is 0 Å². The van der Waals surface area contributed by atoms with Crippen LogP contribution in [-0.4, -0.2) is 24.8 Å². The molecule has 1 aromatic heterocycles. The van der Waals surface area contributed by atoms with Gasteiger partial charge in [0.25, 0.3) is 0 Å². The smallest absolute Gasteiger partial charge is 0.246 e. The fourth-order valence-electron chi connectivity index (χ4n) is 1.88. The fourth-order valence-corrected chi connectivity index (χ4v) is 3.08. The van der Waals surface area contributed by atoms with Gasteiger partial charge in [-0.15, -0.1) is 0 Å². The number of benzene rings is 1. The van der Waals surface area contributed by atoms with E-state index in [0.717, 1.165) is 15.9 Å². The van der Waals surface area contributed by atoms with E-state index in [4.69, 9.17) is 5.73 Å². The lowest BCUT2D eigenvalue weighted by Crippen LogP contribution is -2.27. The van der Waals surface area contributed by atoms with Gasteiger partial charge < -0.3 is 5.73 Å². The zero-order valence-corrected chi connectivity index (χ0v) is 12.3. The van der Waals surface area contributed by atoms with Crippen LogP contribution >= 0.6 is 0 Å². The second-order valence-corrected chi connectivity index (χ2v) is 6.60. The lowest BCUT2D eigenvalue weighted by atomic mass is 10.2. The van der Waals surface area contributed by atoms with Gasteiger partial charge in [-0.1, -0.05) is 6.07 Å². The average molecular weight is 309 g/mol. The van der Waals surface area contributed by atoms with Crippen LogP contribution in [0.2, 0.25) is 0 Å². The second-order valence-electron chi connectivity index (χ2n) is 4.59. The lowest BCUT2D eigenvalue weighted by Gasteiger charge is -2.18. The third-order valence-electron chi connectivity index (χ3n) is 3.07. The predicted octanol–water partition coefficient (Wildman–Crippen LogP) is 1.50. The third-order valence-corrected chi connectivity index (χ3v) is 4.91. The second kappa shape index (κ2) is 6.30. The van der Waals surface area contributed by atoms with Gasteiger partial charge in [0.05, 0.1) is 0 Å². The van der Waals surface area contributed by atoms with Gasteiger partial charge in [-0.3, -0.25) is 4.98 Å². The Kier molecular flexibility index (Phi) is 4.66. The molecule has 0 saturated heterocycles. The zero-order valence-electron chi connectivity index (χ0n) is 11.5. The number of nitrogens with zero attached hydrogens (tertiary/aromatic N) is 2. The minimum absolute atomic E-state index is 0.142. The van der Waals surface area contributed by atoms with Gasteiger partial charge in [-0.2, -0.15) is 4.31 Å². The minimum Gasteiger partial charge on any atom is -0.326 e. The standard InChI is InChI=1S/C14H16FN3O2S/c1-18(10-11-4-6-17-7-5-11)21(19,20)14-3-2-12(9-16)8-13(14)15/h2-8H,9-10,16H2,1H3. The van der Waals surface area contributed by atoms with Crippen LogP contribution in [0.15, 0.2) is 47.6 Å². The van der Waals surface area contributed by atoms with Crippen molar-refractivity contribution in [1.82, 2.24) is 9.29 Å². The van der Waals surface area contributed by atoms with Crippen molar-refractivity contribution in [2.75, 3.05) is 7.05 Å². The molecule has 112 valence electrons. The monoisotopic (exact) mass is 309 g/mol. The molecule has 0 atom stereocenters. The molecular formula is C14H16FN3O2S. The SMILES string of the molecule is CN(Cc1ccncc1)S(=O)(=O)c1ccc(CN)cc1F. The first-order valence-corrected chi connectivity index (χ1v) is 7.73. The lowest BCUT2D eigenvalue weighted by molar-refractivity contribution is 0.459. The minimum atomic E-state index is -3.90. The largest absolute Gasteiger partial charge is 0.326 e. The van der Waals surface area contributed by atoms with Gasteiger partial charge in [0, 0.05) is 32.5 Å². The van der Waals surface area contributed by atoms with Crippen LogP contribution in [0, 0.1) is 5.82 Å². The normalized spacial score (nSPS) is 11.8. The Morgan fingerprint density at radius 2 is 1.86 bits per heavy atom.